The third-order valence-corrected chi connectivity index (χ3v) is 1.73. The zero-order valence-electron chi connectivity index (χ0n) is 7.16. The lowest BCUT2D eigenvalue weighted by molar-refractivity contribution is 1.10. The van der Waals surface area contributed by atoms with E-state index in [4.69, 9.17) is 0 Å². The third-order valence-electron chi connectivity index (χ3n) is 1.73. The summed E-state index contributed by atoms with van der Waals surface area (Å²) in [6.07, 6.45) is 9.29. The van der Waals surface area contributed by atoms with Gasteiger partial charge in [-0.1, -0.05) is 12.2 Å². The van der Waals surface area contributed by atoms with E-state index in [9.17, 15) is 0 Å². The number of allylic oxidation sites excluding steroid dienone is 2. The van der Waals surface area contributed by atoms with Crippen LogP contribution in [0, 0.1) is 0 Å². The molecule has 0 unspecified atom stereocenters. The summed E-state index contributed by atoms with van der Waals surface area (Å²) in [5.41, 5.74) is 2.53. The molecule has 0 bridgehead atoms. The minimum atomic E-state index is 0.886. The molecule has 0 saturated heterocycles. The first-order valence-corrected chi connectivity index (χ1v) is 4.02. The van der Waals surface area contributed by atoms with Crippen LogP contribution < -0.4 is 0 Å². The molecule has 1 rings (SSSR count). The number of aromatic nitrogens is 1. The van der Waals surface area contributed by atoms with Gasteiger partial charge in [0.25, 0.3) is 0 Å². The van der Waals surface area contributed by atoms with Crippen LogP contribution in [0.5, 0.6) is 0 Å². The Balaban J connectivity index is 2.90. The lowest BCUT2D eigenvalue weighted by atomic mass is 10.1. The number of hydrogen-bond donors (Lipinski definition) is 0. The summed E-state index contributed by atoms with van der Waals surface area (Å²) >= 11 is 0. The smallest absolute Gasteiger partial charge is 0.0305 e. The van der Waals surface area contributed by atoms with Gasteiger partial charge in [-0.2, -0.15) is 0 Å². The van der Waals surface area contributed by atoms with Gasteiger partial charge in [-0.15, -0.1) is 13.2 Å². The van der Waals surface area contributed by atoms with E-state index in [-0.39, 0.29) is 0 Å². The Kier molecular flexibility index (Phi) is 3.27. The molecule has 62 valence electrons. The molecule has 0 aromatic carbocycles. The largest absolute Gasteiger partial charge is 0.264 e. The van der Waals surface area contributed by atoms with Crippen molar-refractivity contribution in [1.82, 2.24) is 4.98 Å². The molecule has 0 fully saturated rings. The van der Waals surface area contributed by atoms with E-state index < -0.39 is 0 Å². The fraction of sp³-hybridized carbons (Fsp3) is 0.182. The molecule has 0 aliphatic rings. The summed E-state index contributed by atoms with van der Waals surface area (Å²) in [7, 11) is 0. The molecule has 1 aromatic rings. The summed E-state index contributed by atoms with van der Waals surface area (Å²) in [5.74, 6) is 0. The standard InChI is InChI=1S/C11H13N/c1-3-5-10-7-8-12-9-11(10)6-4-2/h3-4,7-9H,1-2,5-6H2. The molecule has 0 aliphatic carbocycles. The third kappa shape index (κ3) is 2.06. The molecular formula is C11H13N. The quantitative estimate of drug-likeness (QED) is 0.615. The van der Waals surface area contributed by atoms with E-state index in [2.05, 4.69) is 18.1 Å². The monoisotopic (exact) mass is 159 g/mol. The summed E-state index contributed by atoms with van der Waals surface area (Å²) in [4.78, 5) is 4.06. The van der Waals surface area contributed by atoms with Gasteiger partial charge in [0.15, 0.2) is 0 Å². The zero-order valence-corrected chi connectivity index (χ0v) is 7.16. The lowest BCUT2D eigenvalue weighted by Crippen LogP contribution is -1.91. The van der Waals surface area contributed by atoms with Crippen LogP contribution in [0.2, 0.25) is 0 Å². The predicted octanol–water partition coefficient (Wildman–Crippen LogP) is 2.54. The van der Waals surface area contributed by atoms with Crippen LogP contribution in [-0.4, -0.2) is 4.98 Å². The van der Waals surface area contributed by atoms with Crippen LogP contribution in [-0.2, 0) is 12.8 Å². The summed E-state index contributed by atoms with van der Waals surface area (Å²) in [5, 5.41) is 0. The Morgan fingerprint density at radius 2 is 1.83 bits per heavy atom. The van der Waals surface area contributed by atoms with E-state index in [1.165, 1.54) is 11.1 Å². The molecule has 1 heteroatoms. The van der Waals surface area contributed by atoms with Crippen LogP contribution in [0.4, 0.5) is 0 Å². The van der Waals surface area contributed by atoms with Gasteiger partial charge in [-0.05, 0) is 30.0 Å². The second kappa shape index (κ2) is 4.50. The average Bonchev–Trinajstić information content (AvgIpc) is 2.09. The first-order chi connectivity index (χ1) is 5.88. The van der Waals surface area contributed by atoms with Crippen LogP contribution in [0.3, 0.4) is 0 Å². The van der Waals surface area contributed by atoms with Gasteiger partial charge in [0.1, 0.15) is 0 Å². The summed E-state index contributed by atoms with van der Waals surface area (Å²) in [6.45, 7) is 7.41. The highest BCUT2D eigenvalue weighted by Crippen LogP contribution is 2.08. The average molecular weight is 159 g/mol. The Morgan fingerprint density at radius 1 is 1.17 bits per heavy atom. The van der Waals surface area contributed by atoms with Gasteiger partial charge < -0.3 is 0 Å². The van der Waals surface area contributed by atoms with Crippen molar-refractivity contribution in [1.29, 1.82) is 0 Å². The summed E-state index contributed by atoms with van der Waals surface area (Å²) in [6, 6.07) is 2.03. The van der Waals surface area contributed by atoms with Crippen LogP contribution in [0.15, 0.2) is 43.8 Å². The van der Waals surface area contributed by atoms with E-state index in [1.807, 2.05) is 30.6 Å². The molecule has 0 spiro atoms. The molecule has 0 aliphatic heterocycles. The van der Waals surface area contributed by atoms with Crippen molar-refractivity contribution in [3.63, 3.8) is 0 Å². The fourth-order valence-corrected chi connectivity index (χ4v) is 1.15. The Bertz CT molecular complexity index is 247. The van der Waals surface area contributed by atoms with E-state index >= 15 is 0 Å². The van der Waals surface area contributed by atoms with Gasteiger partial charge in [0.2, 0.25) is 0 Å². The number of nitrogens with zero attached hydrogens (tertiary/aromatic N) is 1. The first kappa shape index (κ1) is 8.72. The normalized spacial score (nSPS) is 9.33. The molecule has 0 atom stereocenters. The number of hydrogen-bond acceptors (Lipinski definition) is 1. The Labute approximate surface area is 73.5 Å². The van der Waals surface area contributed by atoms with Crippen molar-refractivity contribution in [2.24, 2.45) is 0 Å². The number of rotatable bonds is 4. The van der Waals surface area contributed by atoms with E-state index in [1.54, 1.807) is 0 Å². The molecule has 12 heavy (non-hydrogen) atoms. The molecule has 1 nitrogen and oxygen atoms in total. The minimum Gasteiger partial charge on any atom is -0.264 e. The predicted molar refractivity (Wildman–Crippen MR) is 52.0 cm³/mol. The van der Waals surface area contributed by atoms with Crippen molar-refractivity contribution in [2.45, 2.75) is 12.8 Å². The van der Waals surface area contributed by atoms with Crippen LogP contribution >= 0.6 is 0 Å². The highest BCUT2D eigenvalue weighted by molar-refractivity contribution is 5.26. The topological polar surface area (TPSA) is 12.9 Å². The maximum absolute atomic E-state index is 4.06. The maximum Gasteiger partial charge on any atom is 0.0305 e. The molecule has 0 saturated carbocycles. The molecule has 0 amide bonds. The van der Waals surface area contributed by atoms with E-state index in [0.29, 0.717) is 0 Å². The zero-order chi connectivity index (χ0) is 8.81. The first-order valence-electron chi connectivity index (χ1n) is 4.02. The second-order valence-electron chi connectivity index (χ2n) is 2.63. The fourth-order valence-electron chi connectivity index (χ4n) is 1.15. The maximum atomic E-state index is 4.06. The van der Waals surface area contributed by atoms with Gasteiger partial charge in [0.05, 0.1) is 0 Å². The second-order valence-corrected chi connectivity index (χ2v) is 2.63. The SMILES string of the molecule is C=CCc1ccncc1CC=C. The Morgan fingerprint density at radius 3 is 2.50 bits per heavy atom. The van der Waals surface area contributed by atoms with Crippen molar-refractivity contribution >= 4 is 0 Å². The van der Waals surface area contributed by atoms with Crippen LogP contribution in [0.25, 0.3) is 0 Å². The van der Waals surface area contributed by atoms with Gasteiger partial charge in [0, 0.05) is 12.4 Å². The van der Waals surface area contributed by atoms with Gasteiger partial charge in [-0.25, -0.2) is 0 Å². The molecule has 1 aromatic heterocycles. The highest BCUT2D eigenvalue weighted by atomic mass is 14.6. The molecule has 0 N–H and O–H groups in total. The minimum absolute atomic E-state index is 0.886. The van der Waals surface area contributed by atoms with Crippen molar-refractivity contribution in [2.75, 3.05) is 0 Å². The van der Waals surface area contributed by atoms with Crippen molar-refractivity contribution in [3.8, 4) is 0 Å². The van der Waals surface area contributed by atoms with E-state index in [0.717, 1.165) is 12.8 Å². The highest BCUT2D eigenvalue weighted by Gasteiger charge is 1.97. The van der Waals surface area contributed by atoms with Crippen molar-refractivity contribution in [3.05, 3.63) is 54.9 Å². The number of pyridine rings is 1. The summed E-state index contributed by atoms with van der Waals surface area (Å²) < 4.78 is 0. The Hall–Kier alpha value is -1.37. The molecule has 1 heterocycles. The molecule has 0 radical (unpaired) electrons. The van der Waals surface area contributed by atoms with Crippen molar-refractivity contribution < 1.29 is 0 Å². The van der Waals surface area contributed by atoms with Crippen LogP contribution in [0.1, 0.15) is 11.1 Å². The molecular weight excluding hydrogens is 146 g/mol. The van der Waals surface area contributed by atoms with Gasteiger partial charge >= 0.3 is 0 Å². The van der Waals surface area contributed by atoms with Gasteiger partial charge in [-0.3, -0.25) is 4.98 Å². The lowest BCUT2D eigenvalue weighted by Gasteiger charge is -2.02.